The molecule has 0 aliphatic heterocycles. The molecule has 1 amide bonds. The van der Waals surface area contributed by atoms with Gasteiger partial charge in [0.25, 0.3) is 5.91 Å². The number of anilines is 2. The molecule has 0 saturated carbocycles. The molecule has 1 atom stereocenters. The van der Waals surface area contributed by atoms with E-state index in [0.29, 0.717) is 12.1 Å². The number of halogens is 3. The quantitative estimate of drug-likeness (QED) is 0.355. The molecule has 8 heteroatoms. The monoisotopic (exact) mass is 536 g/mol. The number of carbonyl (C=O) groups is 1. The lowest BCUT2D eigenvalue weighted by molar-refractivity contribution is -0.0133. The second-order valence-corrected chi connectivity index (χ2v) is 7.80. The molecule has 0 fully saturated rings. The summed E-state index contributed by atoms with van der Waals surface area (Å²) in [6, 6.07) is 8.39. The summed E-state index contributed by atoms with van der Waals surface area (Å²) in [5.41, 5.74) is 4.53. The number of rotatable bonds is 7. The van der Waals surface area contributed by atoms with Crippen molar-refractivity contribution in [1.82, 2.24) is 5.48 Å². The number of benzene rings is 2. The van der Waals surface area contributed by atoms with Gasteiger partial charge in [0, 0.05) is 9.26 Å². The van der Waals surface area contributed by atoms with Crippen LogP contribution in [0.2, 0.25) is 0 Å². The van der Waals surface area contributed by atoms with E-state index in [2.05, 4.69) is 49.3 Å². The molecule has 0 heterocycles. The van der Waals surface area contributed by atoms with Crippen LogP contribution in [-0.4, -0.2) is 23.7 Å². The Labute approximate surface area is 173 Å². The third kappa shape index (κ3) is 5.63. The number of hydrogen-bond donors (Lipinski definition) is 3. The molecule has 140 valence electrons. The van der Waals surface area contributed by atoms with Crippen molar-refractivity contribution in [2.45, 2.75) is 26.4 Å². The van der Waals surface area contributed by atoms with Crippen LogP contribution in [0.1, 0.15) is 29.3 Å². The summed E-state index contributed by atoms with van der Waals surface area (Å²) in [7, 11) is 0. The number of aliphatic hydroxyl groups excluding tert-OH is 1. The molecule has 26 heavy (non-hydrogen) atoms. The van der Waals surface area contributed by atoms with E-state index < -0.39 is 17.8 Å². The highest BCUT2D eigenvalue weighted by molar-refractivity contribution is 14.1. The Morgan fingerprint density at radius 3 is 2.73 bits per heavy atom. The maximum absolute atomic E-state index is 14.0. The maximum Gasteiger partial charge on any atom is 0.276 e. The molecule has 0 saturated heterocycles. The van der Waals surface area contributed by atoms with Gasteiger partial charge in [0.05, 0.1) is 21.8 Å². The Hall–Kier alpha value is -1.23. The third-order valence-electron chi connectivity index (χ3n) is 3.67. The first-order valence-corrected chi connectivity index (χ1v) is 9.81. The summed E-state index contributed by atoms with van der Waals surface area (Å²) in [5, 5.41) is 12.6. The van der Waals surface area contributed by atoms with Crippen LogP contribution in [0.25, 0.3) is 0 Å². The second-order valence-electron chi connectivity index (χ2n) is 5.70. The van der Waals surface area contributed by atoms with Gasteiger partial charge in [0.15, 0.2) is 0 Å². The van der Waals surface area contributed by atoms with Crippen molar-refractivity contribution in [3.8, 4) is 0 Å². The number of hydroxylamine groups is 1. The number of amides is 1. The summed E-state index contributed by atoms with van der Waals surface area (Å²) in [4.78, 5) is 17.5. The lowest BCUT2D eigenvalue weighted by Crippen LogP contribution is -2.28. The second kappa shape index (κ2) is 9.63. The van der Waals surface area contributed by atoms with Crippen molar-refractivity contribution in [2.75, 3.05) is 11.9 Å². The number of hydrogen-bond acceptors (Lipinski definition) is 4. The van der Waals surface area contributed by atoms with Crippen LogP contribution in [0.5, 0.6) is 0 Å². The topological polar surface area (TPSA) is 70.6 Å². The Kier molecular flexibility index (Phi) is 7.81. The summed E-state index contributed by atoms with van der Waals surface area (Å²) < 4.78 is 15.3. The van der Waals surface area contributed by atoms with Crippen LogP contribution >= 0.6 is 38.5 Å². The molecule has 2 aromatic rings. The molecular formula is C18H19BrFIN2O3. The average molecular weight is 537 g/mol. The van der Waals surface area contributed by atoms with Gasteiger partial charge in [-0.3, -0.25) is 9.63 Å². The van der Waals surface area contributed by atoms with E-state index in [1.54, 1.807) is 6.92 Å². The fourth-order valence-corrected chi connectivity index (χ4v) is 3.12. The SMILES string of the molecule is CCC(O)CONC(=O)c1cc(Br)c(F)cc1Nc1ccc(I)cc1C. The van der Waals surface area contributed by atoms with Gasteiger partial charge in [0.2, 0.25) is 0 Å². The van der Waals surface area contributed by atoms with Gasteiger partial charge in [-0.05, 0) is 87.8 Å². The fraction of sp³-hybridized carbons (Fsp3) is 0.278. The standard InChI is InChI=1S/C18H19BrFIN2O3/c1-3-12(24)9-26-23-18(25)13-7-14(19)15(20)8-17(13)22-16-5-4-11(21)6-10(16)2/h4-8,12,22,24H,3,9H2,1-2H3,(H,23,25). The number of aryl methyl sites for hydroxylation is 1. The van der Waals surface area contributed by atoms with Crippen LogP contribution in [0, 0.1) is 16.3 Å². The van der Waals surface area contributed by atoms with E-state index in [9.17, 15) is 14.3 Å². The highest BCUT2D eigenvalue weighted by Gasteiger charge is 2.17. The van der Waals surface area contributed by atoms with Crippen molar-refractivity contribution in [1.29, 1.82) is 0 Å². The van der Waals surface area contributed by atoms with Gasteiger partial charge in [0.1, 0.15) is 12.4 Å². The predicted octanol–water partition coefficient (Wildman–Crippen LogP) is 4.68. The minimum absolute atomic E-state index is 0.0242. The molecule has 0 bridgehead atoms. The van der Waals surface area contributed by atoms with Crippen molar-refractivity contribution >= 4 is 55.8 Å². The highest BCUT2D eigenvalue weighted by Crippen LogP contribution is 2.29. The number of carbonyl (C=O) groups excluding carboxylic acids is 1. The van der Waals surface area contributed by atoms with Crippen LogP contribution in [0.4, 0.5) is 15.8 Å². The van der Waals surface area contributed by atoms with Gasteiger partial charge in [-0.1, -0.05) is 6.92 Å². The van der Waals surface area contributed by atoms with E-state index >= 15 is 0 Å². The van der Waals surface area contributed by atoms with Gasteiger partial charge in [-0.25, -0.2) is 9.87 Å². The van der Waals surface area contributed by atoms with Crippen LogP contribution in [0.15, 0.2) is 34.8 Å². The first kappa shape index (κ1) is 21.1. The lowest BCUT2D eigenvalue weighted by Gasteiger charge is -2.15. The minimum Gasteiger partial charge on any atom is -0.391 e. The van der Waals surface area contributed by atoms with E-state index in [0.717, 1.165) is 14.8 Å². The number of aliphatic hydroxyl groups is 1. The molecule has 0 radical (unpaired) electrons. The first-order valence-electron chi connectivity index (χ1n) is 7.94. The van der Waals surface area contributed by atoms with Crippen LogP contribution < -0.4 is 10.8 Å². The fourth-order valence-electron chi connectivity index (χ4n) is 2.13. The molecule has 0 spiro atoms. The lowest BCUT2D eigenvalue weighted by atomic mass is 10.1. The summed E-state index contributed by atoms with van der Waals surface area (Å²) in [6.07, 6.45) is -0.154. The Bertz CT molecular complexity index is 804. The van der Waals surface area contributed by atoms with Gasteiger partial charge < -0.3 is 10.4 Å². The molecule has 3 N–H and O–H groups in total. The minimum atomic E-state index is -0.665. The average Bonchev–Trinajstić information content (AvgIpc) is 2.59. The van der Waals surface area contributed by atoms with Crippen molar-refractivity contribution < 1.29 is 19.1 Å². The zero-order valence-corrected chi connectivity index (χ0v) is 18.0. The van der Waals surface area contributed by atoms with Gasteiger partial charge in [-0.15, -0.1) is 0 Å². The van der Waals surface area contributed by atoms with Gasteiger partial charge >= 0.3 is 0 Å². The molecule has 0 aliphatic rings. The zero-order valence-electron chi connectivity index (χ0n) is 14.3. The van der Waals surface area contributed by atoms with Gasteiger partial charge in [-0.2, -0.15) is 0 Å². The van der Waals surface area contributed by atoms with Crippen molar-refractivity contribution in [3.05, 3.63) is 55.3 Å². The van der Waals surface area contributed by atoms with Crippen LogP contribution in [-0.2, 0) is 4.84 Å². The smallest absolute Gasteiger partial charge is 0.276 e. The van der Waals surface area contributed by atoms with E-state index in [1.165, 1.54) is 12.1 Å². The third-order valence-corrected chi connectivity index (χ3v) is 4.95. The Morgan fingerprint density at radius 2 is 2.08 bits per heavy atom. The number of nitrogens with one attached hydrogen (secondary N) is 2. The molecule has 2 aromatic carbocycles. The molecular weight excluding hydrogens is 518 g/mol. The highest BCUT2D eigenvalue weighted by atomic mass is 127. The normalized spacial score (nSPS) is 11.9. The summed E-state index contributed by atoms with van der Waals surface area (Å²) >= 11 is 5.30. The zero-order chi connectivity index (χ0) is 19.3. The predicted molar refractivity (Wildman–Crippen MR) is 111 cm³/mol. The maximum atomic E-state index is 14.0. The summed E-state index contributed by atoms with van der Waals surface area (Å²) in [5.74, 6) is -1.03. The van der Waals surface area contributed by atoms with E-state index in [1.807, 2.05) is 25.1 Å². The van der Waals surface area contributed by atoms with E-state index in [4.69, 9.17) is 4.84 Å². The van der Waals surface area contributed by atoms with E-state index in [-0.39, 0.29) is 16.6 Å². The molecule has 5 nitrogen and oxygen atoms in total. The molecule has 0 aliphatic carbocycles. The Morgan fingerprint density at radius 1 is 1.35 bits per heavy atom. The summed E-state index contributed by atoms with van der Waals surface area (Å²) in [6.45, 7) is 3.70. The van der Waals surface area contributed by atoms with Crippen molar-refractivity contribution in [2.24, 2.45) is 0 Å². The molecule has 0 aromatic heterocycles. The van der Waals surface area contributed by atoms with Crippen LogP contribution in [0.3, 0.4) is 0 Å². The first-order chi connectivity index (χ1) is 12.3. The molecule has 1 unspecified atom stereocenters. The van der Waals surface area contributed by atoms with Crippen molar-refractivity contribution in [3.63, 3.8) is 0 Å². The largest absolute Gasteiger partial charge is 0.391 e. The molecule has 2 rings (SSSR count). The Balaban J connectivity index is 2.25.